The molecule has 2 aliphatic heterocycles. The topological polar surface area (TPSA) is 32.8 Å². The minimum absolute atomic E-state index is 0.126. The number of unbranched alkanes of at least 4 members (excludes halogenated alkanes) is 14. The maximum Gasteiger partial charge on any atom is 0.410 e. The molecule has 212 valence electrons. The van der Waals surface area contributed by atoms with Gasteiger partial charge in [0.1, 0.15) is 5.60 Å². The Morgan fingerprint density at radius 3 is 1.44 bits per heavy atom. The quantitative estimate of drug-likeness (QED) is 0.184. The summed E-state index contributed by atoms with van der Waals surface area (Å²) >= 11 is 0. The Bertz CT molecular complexity index is 543. The first kappa shape index (κ1) is 31.4. The van der Waals surface area contributed by atoms with Gasteiger partial charge in [-0.15, -0.1) is 0 Å². The van der Waals surface area contributed by atoms with Crippen molar-refractivity contribution < 1.29 is 9.53 Å². The molecule has 4 nitrogen and oxygen atoms in total. The number of piperidine rings is 2. The van der Waals surface area contributed by atoms with E-state index in [0.717, 1.165) is 37.8 Å². The lowest BCUT2D eigenvalue weighted by atomic mass is 9.79. The van der Waals surface area contributed by atoms with Gasteiger partial charge in [-0.3, -0.25) is 0 Å². The molecule has 0 aromatic heterocycles. The van der Waals surface area contributed by atoms with Crippen molar-refractivity contribution >= 4 is 6.09 Å². The Morgan fingerprint density at radius 1 is 0.639 bits per heavy atom. The highest BCUT2D eigenvalue weighted by Gasteiger charge is 2.32. The monoisotopic (exact) mass is 506 g/mol. The summed E-state index contributed by atoms with van der Waals surface area (Å²) < 4.78 is 5.56. The third kappa shape index (κ3) is 14.2. The molecule has 2 saturated heterocycles. The fraction of sp³-hybridized carbons (Fsp3) is 0.969. The van der Waals surface area contributed by atoms with Gasteiger partial charge in [0.2, 0.25) is 0 Å². The number of carbonyl (C=O) groups excluding carboxylic acids is 1. The van der Waals surface area contributed by atoms with Crippen LogP contribution in [0.25, 0.3) is 0 Å². The largest absolute Gasteiger partial charge is 0.444 e. The SMILES string of the molecule is CCCCCCCCCCCCCCCCCN1CCC(C2CCN(C(=O)OC(C)(C)C)CC2)CC1. The summed E-state index contributed by atoms with van der Waals surface area (Å²) in [6, 6.07) is 0. The number of amides is 1. The van der Waals surface area contributed by atoms with Gasteiger partial charge in [-0.05, 0) is 84.3 Å². The van der Waals surface area contributed by atoms with Gasteiger partial charge in [0, 0.05) is 13.1 Å². The van der Waals surface area contributed by atoms with E-state index in [1.54, 1.807) is 0 Å². The van der Waals surface area contributed by atoms with Crippen molar-refractivity contribution in [2.45, 2.75) is 155 Å². The molecule has 0 aliphatic carbocycles. The Labute approximate surface area is 225 Å². The molecule has 0 spiro atoms. The van der Waals surface area contributed by atoms with Crippen molar-refractivity contribution in [3.8, 4) is 0 Å². The number of likely N-dealkylation sites (tertiary alicyclic amines) is 2. The molecule has 0 aromatic rings. The zero-order valence-corrected chi connectivity index (χ0v) is 24.8. The van der Waals surface area contributed by atoms with Crippen LogP contribution in [-0.2, 0) is 4.74 Å². The summed E-state index contributed by atoms with van der Waals surface area (Å²) in [7, 11) is 0. The molecule has 4 heteroatoms. The zero-order chi connectivity index (χ0) is 26.1. The summed E-state index contributed by atoms with van der Waals surface area (Å²) in [4.78, 5) is 17.0. The number of rotatable bonds is 17. The molecule has 36 heavy (non-hydrogen) atoms. The number of ether oxygens (including phenoxy) is 1. The van der Waals surface area contributed by atoms with E-state index in [9.17, 15) is 4.79 Å². The van der Waals surface area contributed by atoms with E-state index >= 15 is 0 Å². The zero-order valence-electron chi connectivity index (χ0n) is 24.8. The van der Waals surface area contributed by atoms with Crippen LogP contribution in [0.2, 0.25) is 0 Å². The Hall–Kier alpha value is -0.770. The second-order valence-corrected chi connectivity index (χ2v) is 12.9. The van der Waals surface area contributed by atoms with Crippen molar-refractivity contribution in [1.82, 2.24) is 9.80 Å². The second-order valence-electron chi connectivity index (χ2n) is 12.9. The van der Waals surface area contributed by atoms with Crippen LogP contribution in [0.1, 0.15) is 150 Å². The summed E-state index contributed by atoms with van der Waals surface area (Å²) in [5.74, 6) is 1.67. The highest BCUT2D eigenvalue weighted by molar-refractivity contribution is 5.68. The van der Waals surface area contributed by atoms with E-state index in [4.69, 9.17) is 4.74 Å². The minimum atomic E-state index is -0.395. The molecular weight excluding hydrogens is 444 g/mol. The molecule has 2 fully saturated rings. The molecule has 0 atom stereocenters. The molecule has 2 rings (SSSR count). The van der Waals surface area contributed by atoms with Crippen LogP contribution in [-0.4, -0.2) is 54.2 Å². The lowest BCUT2D eigenvalue weighted by molar-refractivity contribution is 0.0135. The highest BCUT2D eigenvalue weighted by Crippen LogP contribution is 2.33. The van der Waals surface area contributed by atoms with Crippen molar-refractivity contribution in [1.29, 1.82) is 0 Å². The number of carbonyl (C=O) groups is 1. The van der Waals surface area contributed by atoms with Crippen molar-refractivity contribution in [3.63, 3.8) is 0 Å². The number of hydrogen-bond donors (Lipinski definition) is 0. The first-order valence-corrected chi connectivity index (χ1v) is 16.1. The van der Waals surface area contributed by atoms with Crippen LogP contribution in [0.3, 0.4) is 0 Å². The average molecular weight is 507 g/mol. The van der Waals surface area contributed by atoms with E-state index < -0.39 is 5.60 Å². The maximum atomic E-state index is 12.3. The predicted molar refractivity (Wildman–Crippen MR) is 155 cm³/mol. The molecule has 0 radical (unpaired) electrons. The maximum absolute atomic E-state index is 12.3. The summed E-state index contributed by atoms with van der Waals surface area (Å²) in [5.41, 5.74) is -0.395. The highest BCUT2D eigenvalue weighted by atomic mass is 16.6. The van der Waals surface area contributed by atoms with E-state index in [0.29, 0.717) is 0 Å². The van der Waals surface area contributed by atoms with Crippen LogP contribution in [0.4, 0.5) is 4.79 Å². The third-order valence-electron chi connectivity index (χ3n) is 8.57. The van der Waals surface area contributed by atoms with Gasteiger partial charge in [-0.25, -0.2) is 4.79 Å². The van der Waals surface area contributed by atoms with Crippen LogP contribution in [0, 0.1) is 11.8 Å². The van der Waals surface area contributed by atoms with Crippen molar-refractivity contribution in [2.24, 2.45) is 11.8 Å². The fourth-order valence-electron chi connectivity index (χ4n) is 6.23. The van der Waals surface area contributed by atoms with E-state index in [1.807, 2.05) is 25.7 Å². The van der Waals surface area contributed by atoms with Gasteiger partial charge < -0.3 is 14.5 Å². The van der Waals surface area contributed by atoms with Gasteiger partial charge in [-0.1, -0.05) is 96.8 Å². The fourth-order valence-corrected chi connectivity index (χ4v) is 6.23. The molecular formula is C32H62N2O2. The molecule has 2 heterocycles. The minimum Gasteiger partial charge on any atom is -0.444 e. The molecule has 2 aliphatic rings. The number of nitrogens with zero attached hydrogens (tertiary/aromatic N) is 2. The van der Waals surface area contributed by atoms with Crippen molar-refractivity contribution in [2.75, 3.05) is 32.7 Å². The van der Waals surface area contributed by atoms with Crippen LogP contribution >= 0.6 is 0 Å². The van der Waals surface area contributed by atoms with Gasteiger partial charge in [0.25, 0.3) is 0 Å². The van der Waals surface area contributed by atoms with E-state index in [1.165, 1.54) is 129 Å². The standard InChI is InChI=1S/C32H62N2O2/c1-5-6-7-8-9-10-11-12-13-14-15-16-17-18-19-24-33-25-20-29(21-26-33)30-22-27-34(28-23-30)31(35)36-32(2,3)4/h29-30H,5-28H2,1-4H3. The first-order chi connectivity index (χ1) is 17.4. The molecule has 0 saturated carbocycles. The third-order valence-corrected chi connectivity index (χ3v) is 8.57. The molecule has 1 amide bonds. The first-order valence-electron chi connectivity index (χ1n) is 16.1. The lowest BCUT2D eigenvalue weighted by Crippen LogP contribution is -2.44. The summed E-state index contributed by atoms with van der Waals surface area (Å²) in [6.45, 7) is 13.8. The molecule has 0 aromatic carbocycles. The van der Waals surface area contributed by atoms with E-state index in [2.05, 4.69) is 11.8 Å². The van der Waals surface area contributed by atoms with Gasteiger partial charge in [0.15, 0.2) is 0 Å². The Balaban J connectivity index is 1.38. The molecule has 0 N–H and O–H groups in total. The molecule has 0 unspecified atom stereocenters. The van der Waals surface area contributed by atoms with E-state index in [-0.39, 0.29) is 6.09 Å². The molecule has 0 bridgehead atoms. The summed E-state index contributed by atoms with van der Waals surface area (Å²) in [6.07, 6.45) is 26.5. The summed E-state index contributed by atoms with van der Waals surface area (Å²) in [5, 5.41) is 0. The van der Waals surface area contributed by atoms with Crippen LogP contribution < -0.4 is 0 Å². The lowest BCUT2D eigenvalue weighted by Gasteiger charge is -2.40. The van der Waals surface area contributed by atoms with Gasteiger partial charge in [-0.2, -0.15) is 0 Å². The second kappa shape index (κ2) is 18.5. The average Bonchev–Trinajstić information content (AvgIpc) is 2.86. The van der Waals surface area contributed by atoms with Crippen LogP contribution in [0.5, 0.6) is 0 Å². The predicted octanol–water partition coefficient (Wildman–Crippen LogP) is 9.22. The Kier molecular flexibility index (Phi) is 16.1. The van der Waals surface area contributed by atoms with Gasteiger partial charge >= 0.3 is 6.09 Å². The smallest absolute Gasteiger partial charge is 0.410 e. The Morgan fingerprint density at radius 2 is 1.03 bits per heavy atom. The van der Waals surface area contributed by atoms with Crippen molar-refractivity contribution in [3.05, 3.63) is 0 Å². The normalized spacial score (nSPS) is 18.6. The number of hydrogen-bond acceptors (Lipinski definition) is 3. The van der Waals surface area contributed by atoms with Gasteiger partial charge in [0.05, 0.1) is 0 Å². The van der Waals surface area contributed by atoms with Crippen LogP contribution in [0.15, 0.2) is 0 Å².